The quantitative estimate of drug-likeness (QED) is 0.546. The second-order valence-electron chi connectivity index (χ2n) is 9.20. The molecule has 3 atom stereocenters. The van der Waals surface area contributed by atoms with Gasteiger partial charge in [0.05, 0.1) is 11.4 Å². The van der Waals surface area contributed by atoms with Gasteiger partial charge in [0.15, 0.2) is 0 Å². The van der Waals surface area contributed by atoms with Gasteiger partial charge in [-0.25, -0.2) is 4.98 Å². The molecule has 1 aromatic heterocycles. The number of nitrogens with zero attached hydrogens (tertiary/aromatic N) is 1. The molecule has 1 N–H and O–H groups in total. The molecular formula is C27H27NO. The first-order valence-corrected chi connectivity index (χ1v) is 10.5. The maximum atomic E-state index is 12.0. The van der Waals surface area contributed by atoms with E-state index in [0.717, 1.165) is 34.5 Å². The number of aromatic nitrogens is 1. The SMILES string of the molecule is CC1=C[C@@](O)(c2ccccc2-c2cccc(-c3ccccc3)n2)C2CC1C2(C)C. The minimum atomic E-state index is -0.955. The number of hydrogen-bond donors (Lipinski definition) is 1. The number of fused-ring (bicyclic) bond motifs is 1. The molecule has 0 spiro atoms. The van der Waals surface area contributed by atoms with Crippen molar-refractivity contribution in [3.8, 4) is 22.5 Å². The molecule has 3 aliphatic rings. The lowest BCUT2D eigenvalue weighted by Gasteiger charge is -2.62. The van der Waals surface area contributed by atoms with Crippen LogP contribution in [0.4, 0.5) is 0 Å². The van der Waals surface area contributed by atoms with Gasteiger partial charge in [0.25, 0.3) is 0 Å². The van der Waals surface area contributed by atoms with Gasteiger partial charge >= 0.3 is 0 Å². The molecule has 1 saturated carbocycles. The van der Waals surface area contributed by atoms with Crippen molar-refractivity contribution in [2.24, 2.45) is 17.3 Å². The number of pyridine rings is 1. The third kappa shape index (κ3) is 2.70. The Morgan fingerprint density at radius 1 is 0.862 bits per heavy atom. The van der Waals surface area contributed by atoms with Crippen LogP contribution in [0, 0.1) is 17.3 Å². The van der Waals surface area contributed by atoms with Crippen LogP contribution >= 0.6 is 0 Å². The largest absolute Gasteiger partial charge is 0.381 e. The average molecular weight is 382 g/mol. The van der Waals surface area contributed by atoms with E-state index in [1.807, 2.05) is 42.5 Å². The smallest absolute Gasteiger partial charge is 0.112 e. The van der Waals surface area contributed by atoms with Gasteiger partial charge in [-0.3, -0.25) is 0 Å². The van der Waals surface area contributed by atoms with Gasteiger partial charge in [-0.2, -0.15) is 0 Å². The molecule has 1 heterocycles. The Morgan fingerprint density at radius 2 is 1.55 bits per heavy atom. The summed E-state index contributed by atoms with van der Waals surface area (Å²) in [6, 6.07) is 24.6. The Bertz CT molecular complexity index is 1100. The average Bonchev–Trinajstić information content (AvgIpc) is 2.73. The zero-order chi connectivity index (χ0) is 20.2. The summed E-state index contributed by atoms with van der Waals surface area (Å²) < 4.78 is 0. The van der Waals surface area contributed by atoms with E-state index in [2.05, 4.69) is 57.2 Å². The molecule has 2 nitrogen and oxygen atoms in total. The van der Waals surface area contributed by atoms with Gasteiger partial charge in [0.2, 0.25) is 0 Å². The lowest BCUT2D eigenvalue weighted by Crippen LogP contribution is -2.58. The Morgan fingerprint density at radius 3 is 2.28 bits per heavy atom. The van der Waals surface area contributed by atoms with Crippen LogP contribution in [0.3, 0.4) is 0 Å². The van der Waals surface area contributed by atoms with Crippen molar-refractivity contribution in [3.63, 3.8) is 0 Å². The van der Waals surface area contributed by atoms with E-state index in [9.17, 15) is 5.11 Å². The number of rotatable bonds is 3. The third-order valence-electron chi connectivity index (χ3n) is 7.25. The summed E-state index contributed by atoms with van der Waals surface area (Å²) in [6.45, 7) is 6.76. The molecule has 2 bridgehead atoms. The van der Waals surface area contributed by atoms with Crippen molar-refractivity contribution in [1.82, 2.24) is 4.98 Å². The first-order chi connectivity index (χ1) is 13.9. The van der Waals surface area contributed by atoms with Crippen LogP contribution in [-0.2, 0) is 5.60 Å². The van der Waals surface area contributed by atoms with Crippen molar-refractivity contribution in [3.05, 3.63) is 90.0 Å². The van der Waals surface area contributed by atoms with Crippen LogP contribution in [0.5, 0.6) is 0 Å². The fourth-order valence-electron chi connectivity index (χ4n) is 5.67. The minimum absolute atomic E-state index is 0.111. The molecular weight excluding hydrogens is 354 g/mol. The Balaban J connectivity index is 1.65. The molecule has 146 valence electrons. The summed E-state index contributed by atoms with van der Waals surface area (Å²) in [5.74, 6) is 0.807. The van der Waals surface area contributed by atoms with Gasteiger partial charge in [-0.1, -0.05) is 80.1 Å². The Hall–Kier alpha value is -2.71. The summed E-state index contributed by atoms with van der Waals surface area (Å²) in [6.07, 6.45) is 3.16. The third-order valence-corrected chi connectivity index (χ3v) is 7.25. The number of benzene rings is 2. The maximum absolute atomic E-state index is 12.0. The second kappa shape index (κ2) is 6.40. The first-order valence-electron chi connectivity index (χ1n) is 10.5. The molecule has 2 heteroatoms. The lowest BCUT2D eigenvalue weighted by atomic mass is 9.43. The molecule has 3 aliphatic carbocycles. The first kappa shape index (κ1) is 18.3. The summed E-state index contributed by atoms with van der Waals surface area (Å²) in [7, 11) is 0. The van der Waals surface area contributed by atoms with E-state index >= 15 is 0 Å². The van der Waals surface area contributed by atoms with E-state index in [1.54, 1.807) is 0 Å². The van der Waals surface area contributed by atoms with Crippen LogP contribution in [0.25, 0.3) is 22.5 Å². The Kier molecular flexibility index (Phi) is 4.04. The van der Waals surface area contributed by atoms with Crippen LogP contribution in [0.1, 0.15) is 32.8 Å². The highest BCUT2D eigenvalue weighted by atomic mass is 16.3. The molecule has 2 unspecified atom stereocenters. The Labute approximate surface area is 173 Å². The molecule has 3 aromatic rings. The van der Waals surface area contributed by atoms with Crippen LogP contribution in [0.2, 0.25) is 0 Å². The van der Waals surface area contributed by atoms with Crippen molar-refractivity contribution in [2.75, 3.05) is 0 Å². The summed E-state index contributed by atoms with van der Waals surface area (Å²) >= 11 is 0. The monoisotopic (exact) mass is 381 g/mol. The molecule has 0 aliphatic heterocycles. The van der Waals surface area contributed by atoms with E-state index < -0.39 is 5.60 Å². The van der Waals surface area contributed by atoms with E-state index in [4.69, 9.17) is 4.98 Å². The van der Waals surface area contributed by atoms with Crippen molar-refractivity contribution >= 4 is 0 Å². The van der Waals surface area contributed by atoms with Gasteiger partial charge < -0.3 is 5.11 Å². The van der Waals surface area contributed by atoms with E-state index in [1.165, 1.54) is 5.57 Å². The predicted octanol–water partition coefficient (Wildman–Crippen LogP) is 6.23. The van der Waals surface area contributed by atoms with Gasteiger partial charge in [0, 0.05) is 17.0 Å². The van der Waals surface area contributed by atoms with Crippen molar-refractivity contribution in [2.45, 2.75) is 32.8 Å². The molecule has 1 fully saturated rings. The fourth-order valence-corrected chi connectivity index (χ4v) is 5.67. The van der Waals surface area contributed by atoms with Gasteiger partial charge in [0.1, 0.15) is 5.60 Å². The molecule has 6 rings (SSSR count). The minimum Gasteiger partial charge on any atom is -0.381 e. The topological polar surface area (TPSA) is 33.1 Å². The maximum Gasteiger partial charge on any atom is 0.112 e. The number of aliphatic hydroxyl groups is 1. The molecule has 0 amide bonds. The van der Waals surface area contributed by atoms with Crippen molar-refractivity contribution in [1.29, 1.82) is 0 Å². The molecule has 0 saturated heterocycles. The van der Waals surface area contributed by atoms with Crippen LogP contribution in [0.15, 0.2) is 84.4 Å². The summed E-state index contributed by atoms with van der Waals surface area (Å²) in [5, 5.41) is 12.0. The van der Waals surface area contributed by atoms with E-state index in [0.29, 0.717) is 5.92 Å². The molecule has 0 radical (unpaired) electrons. The highest BCUT2D eigenvalue weighted by Gasteiger charge is 2.61. The number of allylic oxidation sites excluding steroid dienone is 1. The molecule has 29 heavy (non-hydrogen) atoms. The zero-order valence-corrected chi connectivity index (χ0v) is 17.3. The standard InChI is InChI=1S/C27H27NO/c1-18-17-27(29,25-16-22(18)26(25,2)3)21-13-8-7-12-20(21)24-15-9-14-23(28-24)19-10-5-4-6-11-19/h4-15,17,22,25,29H,16H2,1-3H3/t22?,25?,27-/m1/s1. The second-order valence-corrected chi connectivity index (χ2v) is 9.20. The fraction of sp³-hybridized carbons (Fsp3) is 0.296. The van der Waals surface area contributed by atoms with Gasteiger partial charge in [-0.15, -0.1) is 0 Å². The highest BCUT2D eigenvalue weighted by Crippen LogP contribution is 2.65. The number of hydrogen-bond acceptors (Lipinski definition) is 2. The lowest BCUT2D eigenvalue weighted by molar-refractivity contribution is -0.141. The van der Waals surface area contributed by atoms with Gasteiger partial charge in [-0.05, 0) is 48.4 Å². The normalized spacial score (nSPS) is 27.1. The van der Waals surface area contributed by atoms with Crippen LogP contribution < -0.4 is 0 Å². The zero-order valence-electron chi connectivity index (χ0n) is 17.3. The summed E-state index contributed by atoms with van der Waals surface area (Å²) in [4.78, 5) is 4.96. The predicted molar refractivity (Wildman–Crippen MR) is 118 cm³/mol. The summed E-state index contributed by atoms with van der Waals surface area (Å²) in [5.41, 5.74) is 5.39. The van der Waals surface area contributed by atoms with Crippen LogP contribution in [-0.4, -0.2) is 10.1 Å². The van der Waals surface area contributed by atoms with E-state index in [-0.39, 0.29) is 11.3 Å². The highest BCUT2D eigenvalue weighted by molar-refractivity contribution is 5.70. The molecule has 2 aromatic carbocycles. The van der Waals surface area contributed by atoms with Crippen molar-refractivity contribution < 1.29 is 5.11 Å².